The lowest BCUT2D eigenvalue weighted by Crippen LogP contribution is -2.15. The Morgan fingerprint density at radius 2 is 2.11 bits per heavy atom. The number of carbonyl (C=O) groups is 1. The smallest absolute Gasteiger partial charge is 0.317 e. The molecule has 1 N–H and O–H groups in total. The standard InChI is InChI=1S/C16H13ClFN5O2S2/c1-2-26-16-23-22-15(27-16)21-13(24)12-11(17)7-19-14(20-12)25-8-9-3-5-10(18)6-4-9/h3-7H,2,8H2,1H3,(H,21,22,24). The summed E-state index contributed by atoms with van der Waals surface area (Å²) in [7, 11) is 0. The van der Waals surface area contributed by atoms with Crippen LogP contribution in [0.15, 0.2) is 34.8 Å². The van der Waals surface area contributed by atoms with Crippen LogP contribution in [0.25, 0.3) is 0 Å². The number of nitrogens with zero attached hydrogens (tertiary/aromatic N) is 4. The summed E-state index contributed by atoms with van der Waals surface area (Å²) in [6.45, 7) is 2.12. The fourth-order valence-electron chi connectivity index (χ4n) is 1.91. The molecule has 0 saturated heterocycles. The highest BCUT2D eigenvalue weighted by atomic mass is 35.5. The van der Waals surface area contributed by atoms with Crippen LogP contribution in [0.1, 0.15) is 23.0 Å². The summed E-state index contributed by atoms with van der Waals surface area (Å²) in [6, 6.07) is 5.80. The predicted molar refractivity (Wildman–Crippen MR) is 102 cm³/mol. The fraction of sp³-hybridized carbons (Fsp3) is 0.188. The fourth-order valence-corrected chi connectivity index (χ4v) is 3.73. The monoisotopic (exact) mass is 425 g/mol. The highest BCUT2D eigenvalue weighted by Gasteiger charge is 2.17. The van der Waals surface area contributed by atoms with Crippen molar-refractivity contribution in [1.29, 1.82) is 0 Å². The normalized spacial score (nSPS) is 10.6. The molecule has 0 aliphatic rings. The van der Waals surface area contributed by atoms with E-state index in [1.807, 2.05) is 6.92 Å². The first kappa shape index (κ1) is 19.5. The van der Waals surface area contributed by atoms with Gasteiger partial charge in [0.15, 0.2) is 10.0 Å². The number of thioether (sulfide) groups is 1. The maximum atomic E-state index is 12.9. The summed E-state index contributed by atoms with van der Waals surface area (Å²) in [5.74, 6) is -0.0226. The number of hydrogen-bond acceptors (Lipinski definition) is 8. The molecule has 3 rings (SSSR count). The molecular formula is C16H13ClFN5O2S2. The second-order valence-corrected chi connectivity index (χ2v) is 7.92. The van der Waals surface area contributed by atoms with Gasteiger partial charge in [0.1, 0.15) is 12.4 Å². The summed E-state index contributed by atoms with van der Waals surface area (Å²) in [5.41, 5.74) is 0.691. The molecule has 11 heteroatoms. The average molecular weight is 426 g/mol. The highest BCUT2D eigenvalue weighted by Crippen LogP contribution is 2.26. The Morgan fingerprint density at radius 1 is 1.33 bits per heavy atom. The zero-order chi connectivity index (χ0) is 19.2. The zero-order valence-electron chi connectivity index (χ0n) is 14.0. The van der Waals surface area contributed by atoms with E-state index < -0.39 is 5.91 Å². The van der Waals surface area contributed by atoms with E-state index in [1.165, 1.54) is 41.4 Å². The van der Waals surface area contributed by atoms with E-state index in [4.69, 9.17) is 16.3 Å². The largest absolute Gasteiger partial charge is 0.459 e. The second kappa shape index (κ2) is 9.07. The van der Waals surface area contributed by atoms with Gasteiger partial charge in [-0.25, -0.2) is 9.37 Å². The zero-order valence-corrected chi connectivity index (χ0v) is 16.4. The number of benzene rings is 1. The van der Waals surface area contributed by atoms with Crippen molar-refractivity contribution in [2.45, 2.75) is 17.9 Å². The van der Waals surface area contributed by atoms with Gasteiger partial charge in [-0.2, -0.15) is 4.98 Å². The molecule has 2 heterocycles. The molecule has 0 bridgehead atoms. The van der Waals surface area contributed by atoms with E-state index in [1.54, 1.807) is 12.1 Å². The van der Waals surface area contributed by atoms with Gasteiger partial charge in [0.25, 0.3) is 5.91 Å². The highest BCUT2D eigenvalue weighted by molar-refractivity contribution is 8.01. The minimum atomic E-state index is -0.543. The maximum absolute atomic E-state index is 12.9. The molecule has 140 valence electrons. The number of halogens is 2. The van der Waals surface area contributed by atoms with Gasteiger partial charge in [-0.1, -0.05) is 53.8 Å². The van der Waals surface area contributed by atoms with Crippen LogP contribution >= 0.6 is 34.7 Å². The lowest BCUT2D eigenvalue weighted by molar-refractivity contribution is 0.102. The lowest BCUT2D eigenvalue weighted by atomic mass is 10.2. The summed E-state index contributed by atoms with van der Waals surface area (Å²) >= 11 is 8.82. The van der Waals surface area contributed by atoms with E-state index in [9.17, 15) is 9.18 Å². The van der Waals surface area contributed by atoms with Gasteiger partial charge in [0.2, 0.25) is 5.13 Å². The van der Waals surface area contributed by atoms with E-state index in [0.29, 0.717) is 5.13 Å². The number of rotatable bonds is 7. The molecule has 7 nitrogen and oxygen atoms in total. The van der Waals surface area contributed by atoms with Crippen molar-refractivity contribution < 1.29 is 13.9 Å². The van der Waals surface area contributed by atoms with Crippen molar-refractivity contribution in [1.82, 2.24) is 20.2 Å². The Morgan fingerprint density at radius 3 is 2.85 bits per heavy atom. The van der Waals surface area contributed by atoms with Crippen molar-refractivity contribution in [3.05, 3.63) is 52.6 Å². The molecule has 0 spiro atoms. The van der Waals surface area contributed by atoms with Crippen LogP contribution in [0.3, 0.4) is 0 Å². The number of nitrogens with one attached hydrogen (secondary N) is 1. The van der Waals surface area contributed by atoms with Crippen LogP contribution in [0.4, 0.5) is 9.52 Å². The number of anilines is 1. The topological polar surface area (TPSA) is 89.9 Å². The third-order valence-electron chi connectivity index (χ3n) is 3.11. The quantitative estimate of drug-likeness (QED) is 0.450. The summed E-state index contributed by atoms with van der Waals surface area (Å²) in [5, 5.41) is 10.9. The van der Waals surface area contributed by atoms with Crippen molar-refractivity contribution in [3.63, 3.8) is 0 Å². The Balaban J connectivity index is 1.68. The molecule has 0 aliphatic carbocycles. The van der Waals surface area contributed by atoms with Crippen LogP contribution < -0.4 is 10.1 Å². The Kier molecular flexibility index (Phi) is 6.54. The van der Waals surface area contributed by atoms with E-state index >= 15 is 0 Å². The molecule has 0 aliphatic heterocycles. The molecule has 27 heavy (non-hydrogen) atoms. The van der Waals surface area contributed by atoms with Gasteiger partial charge >= 0.3 is 6.01 Å². The summed E-state index contributed by atoms with van der Waals surface area (Å²) in [6.07, 6.45) is 1.28. The van der Waals surface area contributed by atoms with Crippen LogP contribution in [0.2, 0.25) is 5.02 Å². The molecule has 0 radical (unpaired) electrons. The molecule has 0 atom stereocenters. The van der Waals surface area contributed by atoms with E-state index in [-0.39, 0.29) is 29.2 Å². The van der Waals surface area contributed by atoms with Gasteiger partial charge < -0.3 is 4.74 Å². The molecule has 0 fully saturated rings. The Bertz CT molecular complexity index is 939. The van der Waals surface area contributed by atoms with Gasteiger partial charge in [-0.3, -0.25) is 10.1 Å². The minimum absolute atomic E-state index is 0.0200. The third kappa shape index (κ3) is 5.34. The Hall–Kier alpha value is -2.30. The summed E-state index contributed by atoms with van der Waals surface area (Å²) in [4.78, 5) is 20.4. The van der Waals surface area contributed by atoms with Crippen LogP contribution in [0.5, 0.6) is 6.01 Å². The van der Waals surface area contributed by atoms with Crippen molar-refractivity contribution in [3.8, 4) is 6.01 Å². The van der Waals surface area contributed by atoms with Crippen LogP contribution in [-0.4, -0.2) is 31.8 Å². The number of hydrogen-bond donors (Lipinski definition) is 1. The van der Waals surface area contributed by atoms with E-state index in [2.05, 4.69) is 25.5 Å². The van der Waals surface area contributed by atoms with Crippen LogP contribution in [-0.2, 0) is 6.61 Å². The van der Waals surface area contributed by atoms with Crippen molar-refractivity contribution in [2.75, 3.05) is 11.1 Å². The van der Waals surface area contributed by atoms with Crippen molar-refractivity contribution in [2.24, 2.45) is 0 Å². The van der Waals surface area contributed by atoms with Gasteiger partial charge in [0, 0.05) is 0 Å². The van der Waals surface area contributed by atoms with Crippen molar-refractivity contribution >= 4 is 45.7 Å². The second-order valence-electron chi connectivity index (χ2n) is 5.02. The molecule has 1 amide bonds. The first-order valence-corrected chi connectivity index (χ1v) is 9.90. The third-order valence-corrected chi connectivity index (χ3v) is 5.24. The number of ether oxygens (including phenoxy) is 1. The molecular weight excluding hydrogens is 413 g/mol. The number of carbonyl (C=O) groups excluding carboxylic acids is 1. The molecule has 2 aromatic heterocycles. The SMILES string of the molecule is CCSc1nnc(NC(=O)c2nc(OCc3ccc(F)cc3)ncc2Cl)s1. The predicted octanol–water partition coefficient (Wildman–Crippen LogP) is 4.06. The summed E-state index contributed by atoms with van der Waals surface area (Å²) < 4.78 is 19.1. The number of aromatic nitrogens is 4. The molecule has 1 aromatic carbocycles. The maximum Gasteiger partial charge on any atom is 0.317 e. The van der Waals surface area contributed by atoms with Gasteiger partial charge in [-0.15, -0.1) is 10.2 Å². The van der Waals surface area contributed by atoms with E-state index in [0.717, 1.165) is 15.7 Å². The van der Waals surface area contributed by atoms with Gasteiger partial charge in [0.05, 0.1) is 11.2 Å². The van der Waals surface area contributed by atoms with Crippen LogP contribution in [0, 0.1) is 5.82 Å². The average Bonchev–Trinajstić information content (AvgIpc) is 3.09. The Labute approximate surface area is 167 Å². The molecule has 0 unspecified atom stereocenters. The lowest BCUT2D eigenvalue weighted by Gasteiger charge is -2.07. The minimum Gasteiger partial charge on any atom is -0.459 e. The molecule has 0 saturated carbocycles. The van der Waals surface area contributed by atoms with Gasteiger partial charge in [-0.05, 0) is 23.4 Å². The first-order chi connectivity index (χ1) is 13.0. The first-order valence-electron chi connectivity index (χ1n) is 7.72. The molecule has 3 aromatic rings. The number of amides is 1.